The van der Waals surface area contributed by atoms with E-state index in [1.165, 1.54) is 64.8 Å². The summed E-state index contributed by atoms with van der Waals surface area (Å²) in [6.07, 6.45) is 4.93. The van der Waals surface area contributed by atoms with Gasteiger partial charge in [-0.25, -0.2) is 0 Å². The number of benzene rings is 3. The van der Waals surface area contributed by atoms with Crippen LogP contribution in [0, 0.1) is 6.92 Å². The molecule has 3 aromatic rings. The minimum Gasteiger partial charge on any atom is -0.378 e. The number of nitrogens with zero attached hydrogens (tertiary/aromatic N) is 1. The first-order valence-electron chi connectivity index (χ1n) is 10.1. The predicted molar refractivity (Wildman–Crippen MR) is 117 cm³/mol. The average Bonchev–Trinajstić information content (AvgIpc) is 3.00. The van der Waals surface area contributed by atoms with Crippen LogP contribution in [0.3, 0.4) is 0 Å². The van der Waals surface area contributed by atoms with Crippen LogP contribution in [-0.4, -0.2) is 14.1 Å². The Labute approximate surface area is 163 Å². The molecule has 1 aliphatic rings. The second-order valence-corrected chi connectivity index (χ2v) is 7.98. The Hall–Kier alpha value is -2.54. The highest BCUT2D eigenvalue weighted by Crippen LogP contribution is 2.46. The van der Waals surface area contributed by atoms with Gasteiger partial charge in [-0.2, -0.15) is 0 Å². The fourth-order valence-electron chi connectivity index (χ4n) is 4.47. The smallest absolute Gasteiger partial charge is 0.0363 e. The van der Waals surface area contributed by atoms with E-state index in [-0.39, 0.29) is 0 Å². The molecule has 0 spiro atoms. The molecular formula is C26H29N. The fourth-order valence-corrected chi connectivity index (χ4v) is 4.47. The highest BCUT2D eigenvalue weighted by Gasteiger charge is 2.27. The Morgan fingerprint density at radius 3 is 2.00 bits per heavy atom. The Kier molecular flexibility index (Phi) is 5.03. The number of hydrogen-bond acceptors (Lipinski definition) is 1. The number of hydrogen-bond donors (Lipinski definition) is 0. The molecule has 0 bridgehead atoms. The van der Waals surface area contributed by atoms with Crippen LogP contribution in [0.25, 0.3) is 11.1 Å². The Morgan fingerprint density at radius 1 is 0.778 bits per heavy atom. The molecule has 0 saturated heterocycles. The molecule has 0 atom stereocenters. The van der Waals surface area contributed by atoms with Crippen molar-refractivity contribution in [1.29, 1.82) is 0 Å². The van der Waals surface area contributed by atoms with E-state index in [0.717, 1.165) is 0 Å². The third-order valence-electron chi connectivity index (χ3n) is 5.99. The molecule has 3 aromatic carbocycles. The van der Waals surface area contributed by atoms with Crippen molar-refractivity contribution in [2.75, 3.05) is 19.0 Å². The summed E-state index contributed by atoms with van der Waals surface area (Å²) >= 11 is 0. The van der Waals surface area contributed by atoms with Crippen LogP contribution in [0.4, 0.5) is 5.69 Å². The number of anilines is 1. The molecule has 0 heterocycles. The first kappa shape index (κ1) is 17.9. The molecule has 138 valence electrons. The SMILES string of the molecule is Cc1cc(N(C)C)ccc1CCCCC1c2ccccc2-c2ccccc21. The van der Waals surface area contributed by atoms with Gasteiger partial charge in [-0.3, -0.25) is 0 Å². The largest absolute Gasteiger partial charge is 0.378 e. The molecule has 0 aromatic heterocycles. The van der Waals surface area contributed by atoms with Crippen molar-refractivity contribution in [3.8, 4) is 11.1 Å². The summed E-state index contributed by atoms with van der Waals surface area (Å²) in [5.74, 6) is 0.564. The molecule has 0 amide bonds. The van der Waals surface area contributed by atoms with E-state index in [4.69, 9.17) is 0 Å². The maximum Gasteiger partial charge on any atom is 0.0363 e. The van der Waals surface area contributed by atoms with Crippen molar-refractivity contribution in [2.24, 2.45) is 0 Å². The zero-order valence-electron chi connectivity index (χ0n) is 16.7. The van der Waals surface area contributed by atoms with Crippen molar-refractivity contribution in [3.63, 3.8) is 0 Å². The van der Waals surface area contributed by atoms with Crippen molar-refractivity contribution >= 4 is 5.69 Å². The molecule has 0 aliphatic heterocycles. The molecule has 0 radical (unpaired) electrons. The summed E-state index contributed by atoms with van der Waals surface area (Å²) in [6, 6.07) is 24.8. The van der Waals surface area contributed by atoms with Gasteiger partial charge in [0.15, 0.2) is 0 Å². The summed E-state index contributed by atoms with van der Waals surface area (Å²) in [5.41, 5.74) is 10.1. The van der Waals surface area contributed by atoms with Crippen molar-refractivity contribution in [3.05, 3.63) is 89.0 Å². The van der Waals surface area contributed by atoms with Gasteiger partial charge in [0.1, 0.15) is 0 Å². The van der Waals surface area contributed by atoms with Crippen LogP contribution < -0.4 is 4.90 Å². The molecule has 0 unspecified atom stereocenters. The second-order valence-electron chi connectivity index (χ2n) is 7.98. The highest BCUT2D eigenvalue weighted by atomic mass is 15.1. The van der Waals surface area contributed by atoms with Gasteiger partial charge >= 0.3 is 0 Å². The first-order chi connectivity index (χ1) is 13.1. The minimum absolute atomic E-state index is 0.564. The number of fused-ring (bicyclic) bond motifs is 3. The molecule has 1 aliphatic carbocycles. The van der Waals surface area contributed by atoms with Crippen molar-refractivity contribution in [1.82, 2.24) is 0 Å². The second kappa shape index (κ2) is 7.60. The van der Waals surface area contributed by atoms with Gasteiger partial charge in [0.2, 0.25) is 0 Å². The van der Waals surface area contributed by atoms with E-state index in [1.54, 1.807) is 0 Å². The maximum atomic E-state index is 2.32. The topological polar surface area (TPSA) is 3.24 Å². The summed E-state index contributed by atoms with van der Waals surface area (Å²) in [6.45, 7) is 2.24. The number of rotatable bonds is 6. The van der Waals surface area contributed by atoms with Crippen molar-refractivity contribution < 1.29 is 0 Å². The van der Waals surface area contributed by atoms with Crippen LogP contribution in [0.5, 0.6) is 0 Å². The zero-order valence-corrected chi connectivity index (χ0v) is 16.7. The van der Waals surface area contributed by atoms with E-state index >= 15 is 0 Å². The highest BCUT2D eigenvalue weighted by molar-refractivity contribution is 5.78. The first-order valence-corrected chi connectivity index (χ1v) is 10.1. The quantitative estimate of drug-likeness (QED) is 0.451. The van der Waals surface area contributed by atoms with Gasteiger partial charge < -0.3 is 4.90 Å². The molecular weight excluding hydrogens is 326 g/mol. The number of unbranched alkanes of at least 4 members (excludes halogenated alkanes) is 1. The van der Waals surface area contributed by atoms with E-state index in [2.05, 4.69) is 92.6 Å². The average molecular weight is 356 g/mol. The van der Waals surface area contributed by atoms with Gasteiger partial charge in [-0.15, -0.1) is 0 Å². The summed E-state index contributed by atoms with van der Waals surface area (Å²) in [4.78, 5) is 2.17. The van der Waals surface area contributed by atoms with Crippen LogP contribution >= 0.6 is 0 Å². The van der Waals surface area contributed by atoms with E-state index in [0.29, 0.717) is 5.92 Å². The van der Waals surface area contributed by atoms with Crippen LogP contribution in [-0.2, 0) is 6.42 Å². The molecule has 27 heavy (non-hydrogen) atoms. The van der Waals surface area contributed by atoms with Gasteiger partial charge in [-0.1, -0.05) is 61.0 Å². The van der Waals surface area contributed by atoms with Crippen LogP contribution in [0.2, 0.25) is 0 Å². The molecule has 0 saturated carbocycles. The van der Waals surface area contributed by atoms with Crippen LogP contribution in [0.1, 0.15) is 47.4 Å². The van der Waals surface area contributed by atoms with Gasteiger partial charge in [0.25, 0.3) is 0 Å². The fraction of sp³-hybridized carbons (Fsp3) is 0.308. The van der Waals surface area contributed by atoms with Crippen molar-refractivity contribution in [2.45, 2.75) is 38.5 Å². The van der Waals surface area contributed by atoms with E-state index in [9.17, 15) is 0 Å². The normalized spacial score (nSPS) is 12.7. The Bertz CT molecular complexity index is 893. The standard InChI is InChI=1S/C26H29N/c1-19-18-21(27(2)3)17-16-20(19)10-4-5-11-22-23-12-6-8-14-25(23)26-15-9-7-13-24(22)26/h6-9,12-18,22H,4-5,10-11H2,1-3H3. The lowest BCUT2D eigenvalue weighted by Gasteiger charge is -2.16. The molecule has 0 fully saturated rings. The molecule has 1 heteroatoms. The lowest BCUT2D eigenvalue weighted by atomic mass is 9.90. The lowest BCUT2D eigenvalue weighted by molar-refractivity contribution is 0.632. The maximum absolute atomic E-state index is 2.32. The van der Waals surface area contributed by atoms with Gasteiger partial charge in [0, 0.05) is 25.7 Å². The number of aryl methyl sites for hydroxylation is 2. The van der Waals surface area contributed by atoms with Gasteiger partial charge in [0.05, 0.1) is 0 Å². The van der Waals surface area contributed by atoms with E-state index < -0.39 is 0 Å². The predicted octanol–water partition coefficient (Wildman–Crippen LogP) is 6.59. The Morgan fingerprint density at radius 2 is 1.41 bits per heavy atom. The summed E-state index contributed by atoms with van der Waals surface area (Å²) < 4.78 is 0. The zero-order chi connectivity index (χ0) is 18.8. The third-order valence-corrected chi connectivity index (χ3v) is 5.99. The van der Waals surface area contributed by atoms with Crippen LogP contribution in [0.15, 0.2) is 66.7 Å². The molecule has 1 nitrogen and oxygen atoms in total. The monoisotopic (exact) mass is 355 g/mol. The lowest BCUT2D eigenvalue weighted by Crippen LogP contribution is -2.09. The third kappa shape index (κ3) is 3.51. The summed E-state index contributed by atoms with van der Waals surface area (Å²) in [7, 11) is 4.21. The Balaban J connectivity index is 1.41. The van der Waals surface area contributed by atoms with Gasteiger partial charge in [-0.05, 0) is 71.7 Å². The minimum atomic E-state index is 0.564. The molecule has 0 N–H and O–H groups in total. The van der Waals surface area contributed by atoms with E-state index in [1.807, 2.05) is 0 Å². The summed E-state index contributed by atoms with van der Waals surface area (Å²) in [5, 5.41) is 0. The molecule has 4 rings (SSSR count).